The van der Waals surface area contributed by atoms with Crippen LogP contribution >= 0.6 is 0 Å². The predicted molar refractivity (Wildman–Crippen MR) is 74.7 cm³/mol. The molecule has 0 aliphatic carbocycles. The van der Waals surface area contributed by atoms with Crippen LogP contribution in [0.3, 0.4) is 0 Å². The molecule has 3 atom stereocenters. The van der Waals surface area contributed by atoms with E-state index in [4.69, 9.17) is 4.84 Å². The van der Waals surface area contributed by atoms with Crippen LogP contribution in [-0.2, 0) is 9.63 Å². The first-order valence-corrected chi connectivity index (χ1v) is 6.69. The van der Waals surface area contributed by atoms with Crippen LogP contribution in [0.1, 0.15) is 31.7 Å². The molecule has 1 amide bonds. The number of piperidine rings is 1. The Morgan fingerprint density at radius 2 is 2.29 bits per heavy atom. The number of nitro groups is 1. The van der Waals surface area contributed by atoms with E-state index in [-0.39, 0.29) is 29.9 Å². The lowest BCUT2D eigenvalue weighted by Crippen LogP contribution is -2.58. The minimum atomic E-state index is -0.880. The van der Waals surface area contributed by atoms with Gasteiger partial charge in [-0.2, -0.15) is 0 Å². The molecule has 2 aliphatic heterocycles. The van der Waals surface area contributed by atoms with Crippen molar-refractivity contribution in [2.75, 3.05) is 0 Å². The van der Waals surface area contributed by atoms with E-state index in [1.165, 1.54) is 12.1 Å². The second-order valence-corrected chi connectivity index (χ2v) is 5.62. The molecule has 1 aromatic rings. The number of hydrogen-bond donors (Lipinski definition) is 1. The van der Waals surface area contributed by atoms with Gasteiger partial charge >= 0.3 is 0 Å². The van der Waals surface area contributed by atoms with Crippen molar-refractivity contribution in [2.45, 2.75) is 31.9 Å². The molecule has 0 saturated carbocycles. The summed E-state index contributed by atoms with van der Waals surface area (Å²) in [6.07, 6.45) is 0.262. The number of oxime groups is 1. The third-order valence-electron chi connectivity index (χ3n) is 4.13. The maximum atomic E-state index is 11.9. The van der Waals surface area contributed by atoms with Crippen LogP contribution in [0.4, 0.5) is 5.69 Å². The molecule has 0 bridgehead atoms. The van der Waals surface area contributed by atoms with E-state index in [9.17, 15) is 14.9 Å². The summed E-state index contributed by atoms with van der Waals surface area (Å²) in [6.45, 7) is 3.62. The standard InChI is InChI=1S/C14H15N3O4/c1-8-13-11(7-12(18)15-14(13,2)21-16-8)9-4-3-5-10(6-9)17(19)20/h3-6,11,13H,7H2,1-2H3,(H,15,18)/t11-,13-,14-/m1/s1. The van der Waals surface area contributed by atoms with E-state index in [2.05, 4.69) is 10.5 Å². The maximum absolute atomic E-state index is 11.9. The summed E-state index contributed by atoms with van der Waals surface area (Å²) < 4.78 is 0. The van der Waals surface area contributed by atoms with E-state index in [1.807, 2.05) is 13.0 Å². The van der Waals surface area contributed by atoms with Crippen LogP contribution < -0.4 is 5.32 Å². The summed E-state index contributed by atoms with van der Waals surface area (Å²) in [7, 11) is 0. The molecule has 7 heteroatoms. The molecule has 1 aromatic carbocycles. The minimum Gasteiger partial charge on any atom is -0.367 e. The van der Waals surface area contributed by atoms with E-state index >= 15 is 0 Å². The van der Waals surface area contributed by atoms with Gasteiger partial charge in [0, 0.05) is 24.5 Å². The van der Waals surface area contributed by atoms with Crippen LogP contribution in [0.15, 0.2) is 29.4 Å². The average molecular weight is 289 g/mol. The number of fused-ring (bicyclic) bond motifs is 1. The van der Waals surface area contributed by atoms with Crippen molar-refractivity contribution in [1.29, 1.82) is 0 Å². The summed E-state index contributed by atoms with van der Waals surface area (Å²) in [6, 6.07) is 6.41. The van der Waals surface area contributed by atoms with Crippen molar-refractivity contribution < 1.29 is 14.6 Å². The molecule has 21 heavy (non-hydrogen) atoms. The number of nitro benzene ring substituents is 1. The van der Waals surface area contributed by atoms with E-state index < -0.39 is 10.6 Å². The van der Waals surface area contributed by atoms with Crippen molar-refractivity contribution in [3.8, 4) is 0 Å². The molecule has 110 valence electrons. The van der Waals surface area contributed by atoms with Gasteiger partial charge in [0.2, 0.25) is 11.6 Å². The fourth-order valence-corrected chi connectivity index (χ4v) is 3.28. The highest BCUT2D eigenvalue weighted by Gasteiger charge is 2.53. The molecule has 2 aliphatic rings. The molecule has 1 N–H and O–H groups in total. The third kappa shape index (κ3) is 2.14. The molecule has 0 spiro atoms. The molecule has 1 saturated heterocycles. The SMILES string of the molecule is CC1=NO[C@@]2(C)NC(=O)C[C@H](c3cccc([N+](=O)[O-])c3)[C@@H]12. The molecule has 0 radical (unpaired) electrons. The summed E-state index contributed by atoms with van der Waals surface area (Å²) in [5, 5.41) is 17.7. The molecule has 0 aromatic heterocycles. The second-order valence-electron chi connectivity index (χ2n) is 5.62. The first-order chi connectivity index (χ1) is 9.90. The van der Waals surface area contributed by atoms with Gasteiger partial charge in [-0.3, -0.25) is 14.9 Å². The van der Waals surface area contributed by atoms with Gasteiger partial charge < -0.3 is 10.2 Å². The number of nitrogens with one attached hydrogen (secondary N) is 1. The number of non-ortho nitro benzene ring substituents is 1. The zero-order valence-corrected chi connectivity index (χ0v) is 11.7. The quantitative estimate of drug-likeness (QED) is 0.665. The van der Waals surface area contributed by atoms with E-state index in [1.54, 1.807) is 13.0 Å². The predicted octanol–water partition coefficient (Wildman–Crippen LogP) is 1.94. The summed E-state index contributed by atoms with van der Waals surface area (Å²) >= 11 is 0. The second kappa shape index (κ2) is 4.54. The number of benzene rings is 1. The Hall–Kier alpha value is -2.44. The third-order valence-corrected chi connectivity index (χ3v) is 4.13. The fourth-order valence-electron chi connectivity index (χ4n) is 3.28. The zero-order valence-electron chi connectivity index (χ0n) is 11.7. The lowest BCUT2D eigenvalue weighted by molar-refractivity contribution is -0.384. The van der Waals surface area contributed by atoms with Gasteiger partial charge in [-0.1, -0.05) is 17.3 Å². The lowest BCUT2D eigenvalue weighted by Gasteiger charge is -2.39. The highest BCUT2D eigenvalue weighted by Crippen LogP contribution is 2.44. The van der Waals surface area contributed by atoms with E-state index in [0.29, 0.717) is 0 Å². The van der Waals surface area contributed by atoms with Crippen molar-refractivity contribution >= 4 is 17.3 Å². The Labute approximate surface area is 121 Å². The highest BCUT2D eigenvalue weighted by molar-refractivity contribution is 5.91. The van der Waals surface area contributed by atoms with Crippen LogP contribution in [0.2, 0.25) is 0 Å². The molecule has 3 rings (SSSR count). The minimum absolute atomic E-state index is 0.0219. The monoisotopic (exact) mass is 289 g/mol. The number of hydrogen-bond acceptors (Lipinski definition) is 5. The van der Waals surface area contributed by atoms with Gasteiger partial charge in [0.15, 0.2) is 0 Å². The smallest absolute Gasteiger partial charge is 0.269 e. The largest absolute Gasteiger partial charge is 0.367 e. The van der Waals surface area contributed by atoms with E-state index in [0.717, 1.165) is 11.3 Å². The molecule has 7 nitrogen and oxygen atoms in total. The summed E-state index contributed by atoms with van der Waals surface area (Å²) in [5.41, 5.74) is 0.687. The molecular weight excluding hydrogens is 274 g/mol. The molecule has 2 heterocycles. The molecule has 0 unspecified atom stereocenters. The van der Waals surface area contributed by atoms with Crippen molar-refractivity contribution in [3.05, 3.63) is 39.9 Å². The maximum Gasteiger partial charge on any atom is 0.269 e. The number of rotatable bonds is 2. The first-order valence-electron chi connectivity index (χ1n) is 6.69. The van der Waals surface area contributed by atoms with Gasteiger partial charge in [-0.25, -0.2) is 0 Å². The summed E-state index contributed by atoms with van der Waals surface area (Å²) in [5.74, 6) is -0.456. The zero-order chi connectivity index (χ0) is 15.2. The lowest BCUT2D eigenvalue weighted by atomic mass is 9.73. The first kappa shape index (κ1) is 13.5. The normalized spacial score (nSPS) is 31.0. The van der Waals surface area contributed by atoms with Gasteiger partial charge in [0.05, 0.1) is 16.6 Å². The molecule has 1 fully saturated rings. The molecular formula is C14H15N3O4. The number of nitrogens with zero attached hydrogens (tertiary/aromatic N) is 2. The average Bonchev–Trinajstić information content (AvgIpc) is 2.73. The highest BCUT2D eigenvalue weighted by atomic mass is 16.7. The van der Waals surface area contributed by atoms with Crippen LogP contribution in [0, 0.1) is 16.0 Å². The van der Waals surface area contributed by atoms with Crippen LogP contribution in [0.25, 0.3) is 0 Å². The van der Waals surface area contributed by atoms with Crippen LogP contribution in [0.5, 0.6) is 0 Å². The topological polar surface area (TPSA) is 93.8 Å². The van der Waals surface area contributed by atoms with Crippen molar-refractivity contribution in [2.24, 2.45) is 11.1 Å². The number of carbonyl (C=O) groups excluding carboxylic acids is 1. The summed E-state index contributed by atoms with van der Waals surface area (Å²) in [4.78, 5) is 27.8. The van der Waals surface area contributed by atoms with Gasteiger partial charge in [0.1, 0.15) is 0 Å². The van der Waals surface area contributed by atoms with Crippen molar-refractivity contribution in [3.63, 3.8) is 0 Å². The number of amides is 1. The number of carbonyl (C=O) groups is 1. The Kier molecular flexibility index (Phi) is 2.93. The van der Waals surface area contributed by atoms with Gasteiger partial charge in [-0.05, 0) is 19.4 Å². The van der Waals surface area contributed by atoms with Crippen LogP contribution in [-0.4, -0.2) is 22.3 Å². The van der Waals surface area contributed by atoms with Gasteiger partial charge in [-0.15, -0.1) is 0 Å². The Morgan fingerprint density at radius 1 is 1.52 bits per heavy atom. The Bertz CT molecular complexity index is 657. The fraction of sp³-hybridized carbons (Fsp3) is 0.429. The Balaban J connectivity index is 2.03. The Morgan fingerprint density at radius 3 is 3.00 bits per heavy atom. The van der Waals surface area contributed by atoms with Gasteiger partial charge in [0.25, 0.3) is 5.69 Å². The van der Waals surface area contributed by atoms with Crippen molar-refractivity contribution in [1.82, 2.24) is 5.32 Å².